The number of carbonyl (C=O) groups is 2. The van der Waals surface area contributed by atoms with E-state index in [9.17, 15) is 23.5 Å². The van der Waals surface area contributed by atoms with Crippen LogP contribution in [0, 0.1) is 11.6 Å². The fourth-order valence-electron chi connectivity index (χ4n) is 3.66. The molecule has 7 heteroatoms. The van der Waals surface area contributed by atoms with Gasteiger partial charge < -0.3 is 5.11 Å². The Hall–Kier alpha value is -1.86. The number of amides is 2. The topological polar surface area (TPSA) is 60.9 Å². The fraction of sp³-hybridized carbons (Fsp3) is 0.529. The van der Waals surface area contributed by atoms with Crippen LogP contribution in [-0.4, -0.2) is 47.1 Å². The van der Waals surface area contributed by atoms with Crippen molar-refractivity contribution >= 4 is 17.5 Å². The largest absolute Gasteiger partial charge is 0.396 e. The number of aliphatic hydroxyl groups is 1. The van der Waals surface area contributed by atoms with Gasteiger partial charge in [-0.15, -0.1) is 0 Å². The number of carbonyl (C=O) groups excluding carboxylic acids is 2. The summed E-state index contributed by atoms with van der Waals surface area (Å²) in [6.45, 7) is 0.725. The summed E-state index contributed by atoms with van der Waals surface area (Å²) >= 11 is 0. The summed E-state index contributed by atoms with van der Waals surface area (Å²) in [5.41, 5.74) is 0.0575. The predicted octanol–water partition coefficient (Wildman–Crippen LogP) is 1.83. The van der Waals surface area contributed by atoms with Crippen LogP contribution >= 0.6 is 0 Å². The van der Waals surface area contributed by atoms with Gasteiger partial charge in [-0.1, -0.05) is 6.42 Å². The number of hydrogen-bond donors (Lipinski definition) is 1. The van der Waals surface area contributed by atoms with Crippen LogP contribution in [0.4, 0.5) is 14.5 Å². The van der Waals surface area contributed by atoms with Gasteiger partial charge in [0.15, 0.2) is 11.6 Å². The highest BCUT2D eigenvalue weighted by atomic mass is 19.2. The van der Waals surface area contributed by atoms with E-state index in [-0.39, 0.29) is 24.8 Å². The van der Waals surface area contributed by atoms with E-state index in [0.717, 1.165) is 36.3 Å². The molecule has 2 atom stereocenters. The van der Waals surface area contributed by atoms with Crippen molar-refractivity contribution in [2.45, 2.75) is 44.2 Å². The van der Waals surface area contributed by atoms with Crippen LogP contribution < -0.4 is 4.90 Å². The highest BCUT2D eigenvalue weighted by molar-refractivity contribution is 6.22. The zero-order valence-corrected chi connectivity index (χ0v) is 13.3. The number of likely N-dealkylation sites (tertiary alicyclic amines) is 1. The van der Waals surface area contributed by atoms with Crippen molar-refractivity contribution in [3.05, 3.63) is 29.8 Å². The Kier molecular flexibility index (Phi) is 4.91. The van der Waals surface area contributed by atoms with E-state index < -0.39 is 29.5 Å². The molecule has 130 valence electrons. The molecule has 24 heavy (non-hydrogen) atoms. The van der Waals surface area contributed by atoms with Crippen molar-refractivity contribution in [2.75, 3.05) is 18.1 Å². The summed E-state index contributed by atoms with van der Waals surface area (Å²) in [5, 5.41) is 9.22. The number of benzene rings is 1. The number of hydrogen-bond acceptors (Lipinski definition) is 4. The first-order chi connectivity index (χ1) is 11.5. The minimum atomic E-state index is -1.09. The van der Waals surface area contributed by atoms with Gasteiger partial charge in [0, 0.05) is 18.7 Å². The van der Waals surface area contributed by atoms with Gasteiger partial charge in [0.05, 0.1) is 18.2 Å². The molecule has 0 aromatic heterocycles. The Balaban J connectivity index is 1.84. The number of imide groups is 1. The second-order valence-corrected chi connectivity index (χ2v) is 6.29. The van der Waals surface area contributed by atoms with Gasteiger partial charge in [-0.05, 0) is 37.9 Å². The van der Waals surface area contributed by atoms with Gasteiger partial charge in [0.1, 0.15) is 0 Å². The minimum Gasteiger partial charge on any atom is -0.396 e. The maximum Gasteiger partial charge on any atom is 0.251 e. The van der Waals surface area contributed by atoms with Gasteiger partial charge in [0.25, 0.3) is 5.91 Å². The third kappa shape index (κ3) is 3.06. The predicted molar refractivity (Wildman–Crippen MR) is 83.3 cm³/mol. The van der Waals surface area contributed by atoms with Crippen LogP contribution in [0.3, 0.4) is 0 Å². The summed E-state index contributed by atoms with van der Waals surface area (Å²) < 4.78 is 26.5. The first-order valence-corrected chi connectivity index (χ1v) is 8.21. The van der Waals surface area contributed by atoms with Crippen LogP contribution in [-0.2, 0) is 9.59 Å². The first-order valence-electron chi connectivity index (χ1n) is 8.21. The Bertz CT molecular complexity index is 651. The number of piperidine rings is 1. The van der Waals surface area contributed by atoms with Crippen LogP contribution in [0.25, 0.3) is 0 Å². The summed E-state index contributed by atoms with van der Waals surface area (Å²) in [6.07, 6.45) is 3.43. The van der Waals surface area contributed by atoms with Crippen molar-refractivity contribution in [3.8, 4) is 0 Å². The first kappa shape index (κ1) is 17.0. The molecule has 0 unspecified atom stereocenters. The van der Waals surface area contributed by atoms with Gasteiger partial charge in [0.2, 0.25) is 5.91 Å². The normalized spacial score (nSPS) is 25.5. The molecule has 2 amide bonds. The molecule has 2 heterocycles. The lowest BCUT2D eigenvalue weighted by Gasteiger charge is -2.38. The molecular formula is C17H20F2N2O3. The van der Waals surface area contributed by atoms with Crippen molar-refractivity contribution in [2.24, 2.45) is 0 Å². The van der Waals surface area contributed by atoms with Gasteiger partial charge in [-0.2, -0.15) is 0 Å². The van der Waals surface area contributed by atoms with E-state index in [1.165, 1.54) is 6.07 Å². The van der Waals surface area contributed by atoms with E-state index in [2.05, 4.69) is 0 Å². The zero-order chi connectivity index (χ0) is 17.3. The quantitative estimate of drug-likeness (QED) is 0.851. The van der Waals surface area contributed by atoms with Crippen LogP contribution in [0.15, 0.2) is 18.2 Å². The highest BCUT2D eigenvalue weighted by Crippen LogP contribution is 2.31. The molecule has 0 radical (unpaired) electrons. The Morgan fingerprint density at radius 3 is 2.67 bits per heavy atom. The van der Waals surface area contributed by atoms with Gasteiger partial charge in [-0.3, -0.25) is 14.5 Å². The number of rotatable bonds is 4. The lowest BCUT2D eigenvalue weighted by atomic mass is 9.97. The molecule has 2 aliphatic heterocycles. The minimum absolute atomic E-state index is 0.0275. The van der Waals surface area contributed by atoms with Crippen molar-refractivity contribution < 1.29 is 23.5 Å². The van der Waals surface area contributed by atoms with Crippen molar-refractivity contribution in [1.29, 1.82) is 0 Å². The second kappa shape index (κ2) is 6.94. The fourth-order valence-corrected chi connectivity index (χ4v) is 3.66. The monoisotopic (exact) mass is 338 g/mol. The molecule has 0 bridgehead atoms. The average molecular weight is 338 g/mol. The molecule has 0 saturated carbocycles. The summed E-state index contributed by atoms with van der Waals surface area (Å²) in [5.74, 6) is -2.93. The summed E-state index contributed by atoms with van der Waals surface area (Å²) in [4.78, 5) is 28.0. The molecular weight excluding hydrogens is 318 g/mol. The molecule has 1 aromatic rings. The molecule has 5 nitrogen and oxygen atoms in total. The van der Waals surface area contributed by atoms with Crippen LogP contribution in [0.5, 0.6) is 0 Å². The highest BCUT2D eigenvalue weighted by Gasteiger charge is 2.45. The standard InChI is InChI=1S/C17H20F2N2O3/c18-13-5-4-12(9-14(13)19)21-16(23)10-15(17(21)24)20-7-2-1-3-11(20)6-8-22/h4-5,9,11,15,22H,1-3,6-8,10H2/t11-,15+/m1/s1. The Labute approximate surface area is 138 Å². The van der Waals surface area contributed by atoms with Crippen molar-refractivity contribution in [3.63, 3.8) is 0 Å². The van der Waals surface area contributed by atoms with Crippen molar-refractivity contribution in [1.82, 2.24) is 4.90 Å². The second-order valence-electron chi connectivity index (χ2n) is 6.29. The van der Waals surface area contributed by atoms with E-state index in [1.54, 1.807) is 0 Å². The molecule has 2 saturated heterocycles. The number of anilines is 1. The van der Waals surface area contributed by atoms with Gasteiger partial charge >= 0.3 is 0 Å². The van der Waals surface area contributed by atoms with Crippen LogP contribution in [0.1, 0.15) is 32.1 Å². The third-order valence-corrected chi connectivity index (χ3v) is 4.82. The molecule has 2 aliphatic rings. The average Bonchev–Trinajstić information content (AvgIpc) is 2.86. The zero-order valence-electron chi connectivity index (χ0n) is 13.3. The third-order valence-electron chi connectivity index (χ3n) is 4.82. The molecule has 1 N–H and O–H groups in total. The molecule has 3 rings (SSSR count). The van der Waals surface area contributed by atoms with E-state index >= 15 is 0 Å². The SMILES string of the molecule is O=C1C[C@H](N2CCCC[C@@H]2CCO)C(=O)N1c1ccc(F)c(F)c1. The number of halogens is 2. The van der Waals surface area contributed by atoms with E-state index in [1.807, 2.05) is 4.90 Å². The lowest BCUT2D eigenvalue weighted by Crippen LogP contribution is -2.50. The lowest BCUT2D eigenvalue weighted by molar-refractivity contribution is -0.123. The van der Waals surface area contributed by atoms with E-state index in [4.69, 9.17) is 0 Å². The van der Waals surface area contributed by atoms with Gasteiger partial charge in [-0.25, -0.2) is 13.7 Å². The summed E-state index contributed by atoms with van der Waals surface area (Å²) in [6, 6.07) is 2.49. The number of nitrogens with zero attached hydrogens (tertiary/aromatic N) is 2. The molecule has 0 spiro atoms. The Morgan fingerprint density at radius 1 is 1.17 bits per heavy atom. The summed E-state index contributed by atoms with van der Waals surface area (Å²) in [7, 11) is 0. The number of aliphatic hydroxyl groups excluding tert-OH is 1. The molecule has 1 aromatic carbocycles. The maximum absolute atomic E-state index is 13.4. The smallest absolute Gasteiger partial charge is 0.251 e. The van der Waals surface area contributed by atoms with E-state index in [0.29, 0.717) is 13.0 Å². The molecule has 0 aliphatic carbocycles. The van der Waals surface area contributed by atoms with Crippen LogP contribution in [0.2, 0.25) is 0 Å². The molecule has 2 fully saturated rings. The Morgan fingerprint density at radius 2 is 1.96 bits per heavy atom. The maximum atomic E-state index is 13.4.